The third-order valence-corrected chi connectivity index (χ3v) is 2.32. The molecule has 0 unspecified atom stereocenters. The van der Waals surface area contributed by atoms with Crippen molar-refractivity contribution in [2.45, 2.75) is 5.16 Å². The van der Waals surface area contributed by atoms with Gasteiger partial charge in [-0.05, 0) is 0 Å². The van der Waals surface area contributed by atoms with E-state index in [1.807, 2.05) is 0 Å². The van der Waals surface area contributed by atoms with Crippen LogP contribution in [0.1, 0.15) is 0 Å². The molecule has 0 amide bonds. The Balaban J connectivity index is 2.69. The SMILES string of the molecule is COCCSc1ncc([N+](=O)[O-])c(N)n1. The summed E-state index contributed by atoms with van der Waals surface area (Å²) >= 11 is 1.33. The third kappa shape index (κ3) is 3.33. The van der Waals surface area contributed by atoms with Crippen molar-refractivity contribution in [3.05, 3.63) is 16.3 Å². The standard InChI is InChI=1S/C7H10N4O3S/c1-14-2-3-15-7-9-4-5(11(12)13)6(8)10-7/h4H,2-3H2,1H3,(H2,8,9,10). The molecule has 82 valence electrons. The monoisotopic (exact) mass is 230 g/mol. The predicted octanol–water partition coefficient (Wildman–Crippen LogP) is 0.705. The molecule has 1 aromatic rings. The van der Waals surface area contributed by atoms with E-state index in [2.05, 4.69) is 9.97 Å². The Kier molecular flexibility index (Phi) is 4.25. The van der Waals surface area contributed by atoms with Crippen LogP contribution in [0.25, 0.3) is 0 Å². The van der Waals surface area contributed by atoms with E-state index in [-0.39, 0.29) is 11.5 Å². The van der Waals surface area contributed by atoms with E-state index < -0.39 is 4.92 Å². The lowest BCUT2D eigenvalue weighted by Gasteiger charge is -2.00. The maximum atomic E-state index is 10.4. The molecule has 0 fully saturated rings. The molecule has 0 aliphatic heterocycles. The van der Waals surface area contributed by atoms with Crippen LogP contribution in [0.5, 0.6) is 0 Å². The molecule has 0 radical (unpaired) electrons. The quantitative estimate of drug-likeness (QED) is 0.261. The number of ether oxygens (including phenoxy) is 1. The van der Waals surface area contributed by atoms with Gasteiger partial charge in [0.25, 0.3) is 0 Å². The molecule has 0 bridgehead atoms. The van der Waals surface area contributed by atoms with Gasteiger partial charge in [-0.2, -0.15) is 4.98 Å². The van der Waals surface area contributed by atoms with Gasteiger partial charge in [-0.15, -0.1) is 0 Å². The molecule has 0 spiro atoms. The van der Waals surface area contributed by atoms with Gasteiger partial charge in [-0.3, -0.25) is 10.1 Å². The van der Waals surface area contributed by atoms with Gasteiger partial charge in [0.05, 0.1) is 11.5 Å². The van der Waals surface area contributed by atoms with E-state index in [0.29, 0.717) is 17.5 Å². The largest absolute Gasteiger partial charge is 0.384 e. The minimum Gasteiger partial charge on any atom is -0.384 e. The zero-order valence-electron chi connectivity index (χ0n) is 8.04. The molecule has 1 aromatic heterocycles. The van der Waals surface area contributed by atoms with Crippen molar-refractivity contribution in [2.75, 3.05) is 25.2 Å². The number of thioether (sulfide) groups is 1. The second-order valence-corrected chi connectivity index (χ2v) is 3.58. The zero-order valence-corrected chi connectivity index (χ0v) is 8.86. The maximum absolute atomic E-state index is 10.4. The highest BCUT2D eigenvalue weighted by Gasteiger charge is 2.13. The Hall–Kier alpha value is -1.41. The van der Waals surface area contributed by atoms with Gasteiger partial charge in [-0.25, -0.2) is 4.98 Å². The molecular formula is C7H10N4O3S. The highest BCUT2D eigenvalue weighted by molar-refractivity contribution is 7.99. The van der Waals surface area contributed by atoms with Crippen LogP contribution in [0.4, 0.5) is 11.5 Å². The molecule has 1 heterocycles. The fraction of sp³-hybridized carbons (Fsp3) is 0.429. The molecule has 8 heteroatoms. The highest BCUT2D eigenvalue weighted by atomic mass is 32.2. The molecule has 15 heavy (non-hydrogen) atoms. The molecule has 0 saturated carbocycles. The first kappa shape index (κ1) is 11.7. The first-order valence-corrected chi connectivity index (χ1v) is 5.02. The van der Waals surface area contributed by atoms with Crippen molar-refractivity contribution in [1.29, 1.82) is 0 Å². The van der Waals surface area contributed by atoms with Crippen molar-refractivity contribution in [1.82, 2.24) is 9.97 Å². The number of hydrogen-bond donors (Lipinski definition) is 1. The molecule has 0 aliphatic rings. The molecule has 0 aromatic carbocycles. The smallest absolute Gasteiger partial charge is 0.329 e. The first-order valence-electron chi connectivity index (χ1n) is 4.03. The van der Waals surface area contributed by atoms with Crippen LogP contribution in [0.15, 0.2) is 11.4 Å². The summed E-state index contributed by atoms with van der Waals surface area (Å²) in [5.74, 6) is 0.559. The van der Waals surface area contributed by atoms with E-state index >= 15 is 0 Å². The maximum Gasteiger partial charge on any atom is 0.329 e. The summed E-state index contributed by atoms with van der Waals surface area (Å²) in [6, 6.07) is 0. The molecular weight excluding hydrogens is 220 g/mol. The lowest BCUT2D eigenvalue weighted by Crippen LogP contribution is -2.02. The number of nitro groups is 1. The summed E-state index contributed by atoms with van der Waals surface area (Å²) in [7, 11) is 1.59. The van der Waals surface area contributed by atoms with Crippen LogP contribution >= 0.6 is 11.8 Å². The number of nitrogen functional groups attached to an aromatic ring is 1. The van der Waals surface area contributed by atoms with Crippen LogP contribution in [0.3, 0.4) is 0 Å². The van der Waals surface area contributed by atoms with Gasteiger partial charge in [0.15, 0.2) is 5.16 Å². The summed E-state index contributed by atoms with van der Waals surface area (Å²) in [6.45, 7) is 0.560. The summed E-state index contributed by atoms with van der Waals surface area (Å²) in [4.78, 5) is 17.4. The number of anilines is 1. The second-order valence-electron chi connectivity index (χ2n) is 2.52. The predicted molar refractivity (Wildman–Crippen MR) is 55.7 cm³/mol. The third-order valence-electron chi connectivity index (χ3n) is 1.49. The van der Waals surface area contributed by atoms with Gasteiger partial charge in [0.2, 0.25) is 5.82 Å². The summed E-state index contributed by atoms with van der Waals surface area (Å²) in [5.41, 5.74) is 5.12. The average molecular weight is 230 g/mol. The fourth-order valence-corrected chi connectivity index (χ4v) is 1.52. The second kappa shape index (κ2) is 5.47. The summed E-state index contributed by atoms with van der Waals surface area (Å²) < 4.78 is 4.84. The first-order chi connectivity index (χ1) is 7.15. The van der Waals surface area contributed by atoms with Gasteiger partial charge in [0, 0.05) is 12.9 Å². The highest BCUT2D eigenvalue weighted by Crippen LogP contribution is 2.20. The molecule has 2 N–H and O–H groups in total. The van der Waals surface area contributed by atoms with Gasteiger partial charge >= 0.3 is 5.69 Å². The molecule has 0 atom stereocenters. The van der Waals surface area contributed by atoms with Crippen molar-refractivity contribution >= 4 is 23.3 Å². The Morgan fingerprint density at radius 2 is 2.47 bits per heavy atom. The Morgan fingerprint density at radius 3 is 3.00 bits per heavy atom. The van der Waals surface area contributed by atoms with Gasteiger partial charge in [-0.1, -0.05) is 11.8 Å². The molecule has 1 rings (SSSR count). The topological polar surface area (TPSA) is 104 Å². The minimum absolute atomic E-state index is 0.116. The van der Waals surface area contributed by atoms with E-state index in [0.717, 1.165) is 6.20 Å². The Labute approximate surface area is 90.2 Å². The Morgan fingerprint density at radius 1 is 1.73 bits per heavy atom. The Bertz CT molecular complexity index is 360. The zero-order chi connectivity index (χ0) is 11.3. The summed E-state index contributed by atoms with van der Waals surface area (Å²) in [5, 5.41) is 10.8. The van der Waals surface area contributed by atoms with Crippen LogP contribution in [-0.2, 0) is 4.74 Å². The molecule has 7 nitrogen and oxygen atoms in total. The number of nitrogens with zero attached hydrogens (tertiary/aromatic N) is 3. The number of rotatable bonds is 5. The van der Waals surface area contributed by atoms with Gasteiger partial charge < -0.3 is 10.5 Å². The van der Waals surface area contributed by atoms with Crippen molar-refractivity contribution in [3.63, 3.8) is 0 Å². The van der Waals surface area contributed by atoms with Crippen molar-refractivity contribution in [2.24, 2.45) is 0 Å². The van der Waals surface area contributed by atoms with Crippen LogP contribution in [0.2, 0.25) is 0 Å². The van der Waals surface area contributed by atoms with Gasteiger partial charge in [0.1, 0.15) is 6.20 Å². The van der Waals surface area contributed by atoms with E-state index in [1.54, 1.807) is 7.11 Å². The minimum atomic E-state index is -0.612. The van der Waals surface area contributed by atoms with Crippen LogP contribution < -0.4 is 5.73 Å². The lowest BCUT2D eigenvalue weighted by molar-refractivity contribution is -0.384. The molecule has 0 saturated heterocycles. The number of methoxy groups -OCH3 is 1. The summed E-state index contributed by atoms with van der Waals surface area (Å²) in [6.07, 6.45) is 1.11. The van der Waals surface area contributed by atoms with Crippen molar-refractivity contribution in [3.8, 4) is 0 Å². The average Bonchev–Trinajstić information content (AvgIpc) is 2.17. The molecule has 0 aliphatic carbocycles. The fourth-order valence-electron chi connectivity index (χ4n) is 0.798. The number of aromatic nitrogens is 2. The number of hydrogen-bond acceptors (Lipinski definition) is 7. The lowest BCUT2D eigenvalue weighted by atomic mass is 10.5. The number of nitrogens with two attached hydrogens (primary N) is 1. The van der Waals surface area contributed by atoms with Crippen LogP contribution in [0, 0.1) is 10.1 Å². The van der Waals surface area contributed by atoms with Crippen LogP contribution in [-0.4, -0.2) is 34.4 Å². The van der Waals surface area contributed by atoms with E-state index in [1.165, 1.54) is 11.8 Å². The van der Waals surface area contributed by atoms with E-state index in [9.17, 15) is 10.1 Å². The van der Waals surface area contributed by atoms with Crippen molar-refractivity contribution < 1.29 is 9.66 Å². The van der Waals surface area contributed by atoms with E-state index in [4.69, 9.17) is 10.5 Å². The normalized spacial score (nSPS) is 10.2.